The first-order valence-corrected chi connectivity index (χ1v) is 7.26. The average molecular weight is 282 g/mol. The van der Waals surface area contributed by atoms with Gasteiger partial charge in [-0.05, 0) is 25.7 Å². The third-order valence-electron chi connectivity index (χ3n) is 3.52. The summed E-state index contributed by atoms with van der Waals surface area (Å²) in [5.41, 5.74) is 0.555. The van der Waals surface area contributed by atoms with E-state index < -0.39 is 11.9 Å². The molecule has 0 aliphatic rings. The number of unbranched alkanes of at least 4 members (excludes halogenated alkanes) is 1. The van der Waals surface area contributed by atoms with Gasteiger partial charge in [-0.3, -0.25) is 0 Å². The Balaban J connectivity index is 4.78. The van der Waals surface area contributed by atoms with Crippen molar-refractivity contribution in [2.75, 3.05) is 0 Å². The summed E-state index contributed by atoms with van der Waals surface area (Å²) in [6, 6.07) is 0. The lowest BCUT2D eigenvalue weighted by atomic mass is 9.91. The molecule has 1 atom stereocenters. The van der Waals surface area contributed by atoms with E-state index in [4.69, 9.17) is 5.11 Å². The Morgan fingerprint density at radius 1 is 1.10 bits per heavy atom. The molecule has 0 saturated carbocycles. The van der Waals surface area contributed by atoms with E-state index in [1.54, 1.807) is 13.0 Å². The fourth-order valence-electron chi connectivity index (χ4n) is 2.07. The van der Waals surface area contributed by atoms with Gasteiger partial charge in [-0.15, -0.1) is 0 Å². The first-order valence-electron chi connectivity index (χ1n) is 7.26. The minimum Gasteiger partial charge on any atom is -0.478 e. The van der Waals surface area contributed by atoms with Crippen molar-refractivity contribution in [1.82, 2.24) is 0 Å². The molecule has 0 aromatic rings. The van der Waals surface area contributed by atoms with Crippen molar-refractivity contribution in [2.24, 2.45) is 5.92 Å². The molecule has 4 heteroatoms. The average Bonchev–Trinajstić information content (AvgIpc) is 2.41. The van der Waals surface area contributed by atoms with Gasteiger partial charge < -0.3 is 10.2 Å². The van der Waals surface area contributed by atoms with Crippen LogP contribution in [0.2, 0.25) is 0 Å². The van der Waals surface area contributed by atoms with Crippen LogP contribution >= 0.6 is 0 Å². The summed E-state index contributed by atoms with van der Waals surface area (Å²) in [4.78, 5) is 22.1. The van der Waals surface area contributed by atoms with Gasteiger partial charge in [0.05, 0.1) is 0 Å². The van der Waals surface area contributed by atoms with Gasteiger partial charge in [-0.1, -0.05) is 51.7 Å². The van der Waals surface area contributed by atoms with E-state index in [9.17, 15) is 14.7 Å². The molecule has 0 spiro atoms. The van der Waals surface area contributed by atoms with Gasteiger partial charge in [-0.25, -0.2) is 9.59 Å². The second kappa shape index (κ2) is 10.2. The molecule has 0 aliphatic carbocycles. The third-order valence-corrected chi connectivity index (χ3v) is 3.52. The molecule has 0 heterocycles. The molecule has 0 rings (SSSR count). The second-order valence-corrected chi connectivity index (χ2v) is 4.98. The number of carboxylic acid groups (broad SMARTS) is 2. The molecule has 0 aromatic carbocycles. The van der Waals surface area contributed by atoms with Crippen molar-refractivity contribution in [3.8, 4) is 0 Å². The summed E-state index contributed by atoms with van der Waals surface area (Å²) in [6.07, 6.45) is 7.89. The van der Waals surface area contributed by atoms with Crippen LogP contribution in [-0.4, -0.2) is 22.2 Å². The highest BCUT2D eigenvalue weighted by atomic mass is 16.4. The largest absolute Gasteiger partial charge is 0.478 e. The standard InChI is InChI=1S/C16H26O4/c1-4-7-8-12(5-2)11-14(16(19)20)10-9-13(6-3)15(17)18/h6,10,12H,4-5,7-9,11H2,1-3H3,(H,17,18)(H,19,20). The van der Waals surface area contributed by atoms with E-state index in [1.165, 1.54) is 6.08 Å². The highest BCUT2D eigenvalue weighted by Crippen LogP contribution is 2.22. The fourth-order valence-corrected chi connectivity index (χ4v) is 2.07. The van der Waals surface area contributed by atoms with Crippen molar-refractivity contribution >= 4 is 11.9 Å². The maximum atomic E-state index is 11.3. The molecule has 0 aliphatic heterocycles. The normalized spacial score (nSPS) is 14.2. The van der Waals surface area contributed by atoms with Gasteiger partial charge in [0.25, 0.3) is 0 Å². The summed E-state index contributed by atoms with van der Waals surface area (Å²) in [7, 11) is 0. The van der Waals surface area contributed by atoms with Crippen LogP contribution in [0.15, 0.2) is 23.3 Å². The second-order valence-electron chi connectivity index (χ2n) is 4.98. The Labute approximate surface area is 121 Å². The summed E-state index contributed by atoms with van der Waals surface area (Å²) < 4.78 is 0. The predicted octanol–water partition coefficient (Wildman–Crippen LogP) is 4.02. The van der Waals surface area contributed by atoms with Crippen LogP contribution in [0, 0.1) is 5.92 Å². The molecule has 0 saturated heterocycles. The van der Waals surface area contributed by atoms with Crippen molar-refractivity contribution < 1.29 is 19.8 Å². The predicted molar refractivity (Wildman–Crippen MR) is 79.7 cm³/mol. The summed E-state index contributed by atoms with van der Waals surface area (Å²) in [5.74, 6) is -1.58. The van der Waals surface area contributed by atoms with E-state index in [0.717, 1.165) is 25.7 Å². The van der Waals surface area contributed by atoms with Crippen LogP contribution in [0.3, 0.4) is 0 Å². The van der Waals surface area contributed by atoms with Crippen molar-refractivity contribution in [2.45, 2.75) is 59.3 Å². The van der Waals surface area contributed by atoms with Gasteiger partial charge in [0, 0.05) is 11.1 Å². The Hall–Kier alpha value is -1.58. The first kappa shape index (κ1) is 18.4. The maximum Gasteiger partial charge on any atom is 0.331 e. The minimum absolute atomic E-state index is 0.164. The molecule has 114 valence electrons. The molecule has 0 amide bonds. The van der Waals surface area contributed by atoms with Crippen molar-refractivity contribution in [3.05, 3.63) is 23.3 Å². The first-order chi connectivity index (χ1) is 9.46. The number of hydrogen-bond acceptors (Lipinski definition) is 2. The van der Waals surface area contributed by atoms with Gasteiger partial charge in [0.15, 0.2) is 0 Å². The van der Waals surface area contributed by atoms with Gasteiger partial charge in [-0.2, -0.15) is 0 Å². The molecule has 2 N–H and O–H groups in total. The Morgan fingerprint density at radius 2 is 1.70 bits per heavy atom. The van der Waals surface area contributed by atoms with Crippen LogP contribution in [-0.2, 0) is 9.59 Å². The molecule has 0 aromatic heterocycles. The Morgan fingerprint density at radius 3 is 2.10 bits per heavy atom. The lowest BCUT2D eigenvalue weighted by molar-refractivity contribution is -0.134. The number of carbonyl (C=O) groups is 2. The molecule has 0 radical (unpaired) electrons. The van der Waals surface area contributed by atoms with Gasteiger partial charge in [0.2, 0.25) is 0 Å². The molecule has 4 nitrogen and oxygen atoms in total. The topological polar surface area (TPSA) is 74.6 Å². The molecular formula is C16H26O4. The smallest absolute Gasteiger partial charge is 0.331 e. The molecule has 1 unspecified atom stereocenters. The van der Waals surface area contributed by atoms with E-state index in [-0.39, 0.29) is 12.0 Å². The van der Waals surface area contributed by atoms with Crippen LogP contribution in [0.4, 0.5) is 0 Å². The third kappa shape index (κ3) is 7.12. The Kier molecular flexibility index (Phi) is 9.43. The lowest BCUT2D eigenvalue weighted by Crippen LogP contribution is -2.09. The summed E-state index contributed by atoms with van der Waals surface area (Å²) in [6.45, 7) is 5.83. The van der Waals surface area contributed by atoms with Crippen molar-refractivity contribution in [1.29, 1.82) is 0 Å². The molecule has 0 bridgehead atoms. The zero-order valence-electron chi connectivity index (χ0n) is 12.7. The van der Waals surface area contributed by atoms with Crippen LogP contribution < -0.4 is 0 Å². The summed E-state index contributed by atoms with van der Waals surface area (Å²) in [5, 5.41) is 18.2. The molecule has 20 heavy (non-hydrogen) atoms. The number of hydrogen-bond donors (Lipinski definition) is 2. The van der Waals surface area contributed by atoms with Crippen LogP contribution in [0.5, 0.6) is 0 Å². The van der Waals surface area contributed by atoms with Crippen LogP contribution in [0.1, 0.15) is 59.3 Å². The number of carboxylic acids is 2. The van der Waals surface area contributed by atoms with E-state index >= 15 is 0 Å². The van der Waals surface area contributed by atoms with Gasteiger partial charge >= 0.3 is 11.9 Å². The van der Waals surface area contributed by atoms with Crippen LogP contribution in [0.25, 0.3) is 0 Å². The number of rotatable bonds is 10. The Bertz CT molecular complexity index is 380. The zero-order chi connectivity index (χ0) is 15.5. The van der Waals surface area contributed by atoms with Crippen molar-refractivity contribution in [3.63, 3.8) is 0 Å². The molecule has 0 fully saturated rings. The lowest BCUT2D eigenvalue weighted by Gasteiger charge is -2.14. The highest BCUT2D eigenvalue weighted by Gasteiger charge is 2.15. The quantitative estimate of drug-likeness (QED) is 0.593. The SMILES string of the molecule is CC=C(CC=C(CC(CC)CCCC)C(=O)O)C(=O)O. The van der Waals surface area contributed by atoms with E-state index in [2.05, 4.69) is 13.8 Å². The number of allylic oxidation sites excluding steroid dienone is 2. The number of aliphatic carboxylic acids is 2. The van der Waals surface area contributed by atoms with E-state index in [0.29, 0.717) is 17.9 Å². The molecular weight excluding hydrogens is 256 g/mol. The fraction of sp³-hybridized carbons (Fsp3) is 0.625. The van der Waals surface area contributed by atoms with Gasteiger partial charge in [0.1, 0.15) is 0 Å². The van der Waals surface area contributed by atoms with E-state index in [1.807, 2.05) is 0 Å². The monoisotopic (exact) mass is 282 g/mol. The highest BCUT2D eigenvalue weighted by molar-refractivity contribution is 5.89. The maximum absolute atomic E-state index is 11.3. The summed E-state index contributed by atoms with van der Waals surface area (Å²) >= 11 is 0. The zero-order valence-corrected chi connectivity index (χ0v) is 12.7. The minimum atomic E-state index is -0.994.